The fraction of sp³-hybridized carbons (Fsp3) is 0.286. The molecule has 0 radical (unpaired) electrons. The van der Waals surface area contributed by atoms with Crippen LogP contribution >= 0.6 is 0 Å². The van der Waals surface area contributed by atoms with Crippen molar-refractivity contribution in [2.45, 2.75) is 25.1 Å². The van der Waals surface area contributed by atoms with Crippen LogP contribution in [0.25, 0.3) is 0 Å². The molecule has 0 fully saturated rings. The molecule has 4 N–H and O–H groups in total. The Morgan fingerprint density at radius 3 is 2.04 bits per heavy atom. The summed E-state index contributed by atoms with van der Waals surface area (Å²) in [6, 6.07) is 8.49. The number of carbonyl (C=O) groups is 2. The van der Waals surface area contributed by atoms with Crippen molar-refractivity contribution < 1.29 is 37.4 Å². The lowest BCUT2D eigenvalue weighted by Crippen LogP contribution is -2.23. The van der Waals surface area contributed by atoms with Crippen LogP contribution in [0.15, 0.2) is 42.2 Å². The molecule has 23 heavy (non-hydrogen) atoms. The highest BCUT2D eigenvalue weighted by Gasteiger charge is 2.38. The molecule has 0 aliphatic carbocycles. The van der Waals surface area contributed by atoms with E-state index in [1.165, 1.54) is 0 Å². The fourth-order valence-corrected chi connectivity index (χ4v) is 1.30. The summed E-state index contributed by atoms with van der Waals surface area (Å²) in [7, 11) is 0. The number of nitrogens with two attached hydrogens (primary N) is 1. The van der Waals surface area contributed by atoms with Gasteiger partial charge in [-0.05, 0) is 18.1 Å². The molecule has 5 nitrogen and oxygen atoms in total. The van der Waals surface area contributed by atoms with Gasteiger partial charge in [-0.3, -0.25) is 4.79 Å². The van der Waals surface area contributed by atoms with E-state index in [1.54, 1.807) is 0 Å². The van der Waals surface area contributed by atoms with Gasteiger partial charge in [0.05, 0.1) is 12.5 Å². The Morgan fingerprint density at radius 2 is 1.65 bits per heavy atom. The summed E-state index contributed by atoms with van der Waals surface area (Å²) in [5.41, 5.74) is 6.52. The minimum atomic E-state index is -5.08. The summed E-state index contributed by atoms with van der Waals surface area (Å²) in [6.45, 7) is 0. The quantitative estimate of drug-likeness (QED) is 0.717. The highest BCUT2D eigenvalue weighted by molar-refractivity contribution is 5.73. The maximum Gasteiger partial charge on any atom is 0.490 e. The molecule has 0 unspecified atom stereocenters. The van der Waals surface area contributed by atoms with E-state index in [9.17, 15) is 22.4 Å². The topological polar surface area (TPSA) is 101 Å². The van der Waals surface area contributed by atoms with E-state index in [-0.39, 0.29) is 6.42 Å². The first kappa shape index (κ1) is 20.6. The molecule has 1 aromatic carbocycles. The highest BCUT2D eigenvalue weighted by Crippen LogP contribution is 2.13. The molecule has 0 spiro atoms. The zero-order valence-corrected chi connectivity index (χ0v) is 11.8. The monoisotopic (exact) mass is 337 g/mol. The Bertz CT molecular complexity index is 543. The first-order valence-corrected chi connectivity index (χ1v) is 6.21. The summed E-state index contributed by atoms with van der Waals surface area (Å²) in [5, 5.41) is 15.5. The largest absolute Gasteiger partial charge is 0.490 e. The number of aliphatic carboxylic acids is 2. The number of carboxylic acid groups (broad SMARTS) is 2. The molecule has 1 aromatic rings. The summed E-state index contributed by atoms with van der Waals surface area (Å²) in [4.78, 5) is 19.1. The second kappa shape index (κ2) is 9.57. The smallest absolute Gasteiger partial charge is 0.481 e. The third-order valence-electron chi connectivity index (χ3n) is 2.37. The van der Waals surface area contributed by atoms with E-state index in [1.807, 2.05) is 30.3 Å². The summed E-state index contributed by atoms with van der Waals surface area (Å²) >= 11 is 0. The predicted molar refractivity (Wildman–Crippen MR) is 73.3 cm³/mol. The summed E-state index contributed by atoms with van der Waals surface area (Å²) in [5.74, 6) is -4.40. The number of carboxylic acids is 2. The van der Waals surface area contributed by atoms with Crippen molar-refractivity contribution >= 4 is 11.9 Å². The van der Waals surface area contributed by atoms with Gasteiger partial charge in [-0.1, -0.05) is 30.3 Å². The Balaban J connectivity index is 0.000000585. The van der Waals surface area contributed by atoms with Gasteiger partial charge in [0, 0.05) is 0 Å². The molecule has 0 amide bonds. The van der Waals surface area contributed by atoms with Crippen LogP contribution in [0.1, 0.15) is 12.0 Å². The molecule has 9 heteroatoms. The molecule has 0 saturated carbocycles. The van der Waals surface area contributed by atoms with E-state index in [0.29, 0.717) is 6.42 Å². The lowest BCUT2D eigenvalue weighted by Gasteiger charge is -2.09. The Kier molecular flexibility index (Phi) is 8.56. The third kappa shape index (κ3) is 10.0. The van der Waals surface area contributed by atoms with Crippen LogP contribution in [-0.2, 0) is 16.0 Å². The normalized spacial score (nSPS) is 12.8. The molecular formula is C14H15F4NO4. The van der Waals surface area contributed by atoms with Crippen molar-refractivity contribution in [3.05, 3.63) is 47.8 Å². The van der Waals surface area contributed by atoms with Gasteiger partial charge in [0.15, 0.2) is 0 Å². The van der Waals surface area contributed by atoms with Gasteiger partial charge < -0.3 is 15.9 Å². The van der Waals surface area contributed by atoms with E-state index in [2.05, 4.69) is 0 Å². The Morgan fingerprint density at radius 1 is 1.17 bits per heavy atom. The SMILES string of the molecule is N[C@@H](Cc1ccccc1)/C(F)=C/CC(=O)O.O=C(O)C(F)(F)F. The summed E-state index contributed by atoms with van der Waals surface area (Å²) in [6.07, 6.45) is -4.05. The maximum absolute atomic E-state index is 13.3. The molecule has 0 aromatic heterocycles. The van der Waals surface area contributed by atoms with Gasteiger partial charge in [0.25, 0.3) is 0 Å². The number of hydrogen-bond donors (Lipinski definition) is 3. The van der Waals surface area contributed by atoms with Gasteiger partial charge in [0.2, 0.25) is 0 Å². The van der Waals surface area contributed by atoms with Crippen LogP contribution < -0.4 is 5.73 Å². The molecule has 1 atom stereocenters. The first-order chi connectivity index (χ1) is 10.5. The number of halogens is 4. The fourth-order valence-electron chi connectivity index (χ4n) is 1.30. The van der Waals surface area contributed by atoms with Crippen LogP contribution in [0.5, 0.6) is 0 Å². The van der Waals surface area contributed by atoms with Gasteiger partial charge in [-0.2, -0.15) is 13.2 Å². The summed E-state index contributed by atoms with van der Waals surface area (Å²) < 4.78 is 45.1. The minimum absolute atomic E-state index is 0.339. The average molecular weight is 337 g/mol. The van der Waals surface area contributed by atoms with Crippen LogP contribution in [0.3, 0.4) is 0 Å². The van der Waals surface area contributed by atoms with E-state index in [0.717, 1.165) is 11.6 Å². The van der Waals surface area contributed by atoms with E-state index in [4.69, 9.17) is 20.7 Å². The number of hydrogen-bond acceptors (Lipinski definition) is 3. The second-order valence-corrected chi connectivity index (χ2v) is 4.29. The molecule has 0 saturated heterocycles. The van der Waals surface area contributed by atoms with Crippen molar-refractivity contribution in [2.75, 3.05) is 0 Å². The molecule has 128 valence electrons. The molecule has 1 rings (SSSR count). The van der Waals surface area contributed by atoms with Gasteiger partial charge in [0.1, 0.15) is 5.83 Å². The van der Waals surface area contributed by atoms with Crippen LogP contribution in [0.2, 0.25) is 0 Å². The van der Waals surface area contributed by atoms with Gasteiger partial charge in [-0.25, -0.2) is 9.18 Å². The Hall–Kier alpha value is -2.42. The number of benzene rings is 1. The third-order valence-corrected chi connectivity index (χ3v) is 2.37. The van der Waals surface area contributed by atoms with Crippen LogP contribution in [-0.4, -0.2) is 34.4 Å². The lowest BCUT2D eigenvalue weighted by molar-refractivity contribution is -0.192. The van der Waals surface area contributed by atoms with Crippen LogP contribution in [0, 0.1) is 0 Å². The minimum Gasteiger partial charge on any atom is -0.481 e. The molecular weight excluding hydrogens is 322 g/mol. The van der Waals surface area contributed by atoms with E-state index >= 15 is 0 Å². The predicted octanol–water partition coefficient (Wildman–Crippen LogP) is 2.52. The zero-order chi connectivity index (χ0) is 18.0. The molecule has 0 bridgehead atoms. The first-order valence-electron chi connectivity index (χ1n) is 6.21. The number of rotatable bonds is 5. The van der Waals surface area contributed by atoms with Crippen molar-refractivity contribution in [3.63, 3.8) is 0 Å². The zero-order valence-electron chi connectivity index (χ0n) is 11.8. The average Bonchev–Trinajstić information content (AvgIpc) is 2.45. The van der Waals surface area contributed by atoms with Crippen molar-refractivity contribution in [2.24, 2.45) is 5.73 Å². The standard InChI is InChI=1S/C12H14FNO2.C2HF3O2/c13-10(6-7-12(15)16)11(14)8-9-4-2-1-3-5-9;3-2(4,5)1(6)7/h1-6,11H,7-8,14H2,(H,15,16);(H,6,7)/b10-6-;/t11-;/m0./s1. The Labute approximate surface area is 129 Å². The van der Waals surface area contributed by atoms with Crippen molar-refractivity contribution in [3.8, 4) is 0 Å². The van der Waals surface area contributed by atoms with Gasteiger partial charge >= 0.3 is 18.1 Å². The number of alkyl halides is 3. The second-order valence-electron chi connectivity index (χ2n) is 4.29. The highest BCUT2D eigenvalue weighted by atomic mass is 19.4. The lowest BCUT2D eigenvalue weighted by atomic mass is 10.1. The molecule has 0 heterocycles. The van der Waals surface area contributed by atoms with E-state index < -0.39 is 30.0 Å². The van der Waals surface area contributed by atoms with Crippen molar-refractivity contribution in [1.82, 2.24) is 0 Å². The van der Waals surface area contributed by atoms with Gasteiger partial charge in [-0.15, -0.1) is 0 Å². The van der Waals surface area contributed by atoms with Crippen molar-refractivity contribution in [1.29, 1.82) is 0 Å². The molecule has 0 aliphatic heterocycles. The molecule has 0 aliphatic rings. The maximum atomic E-state index is 13.3. The van der Waals surface area contributed by atoms with Crippen LogP contribution in [0.4, 0.5) is 17.6 Å².